The zero-order valence-electron chi connectivity index (χ0n) is 19.3. The lowest BCUT2D eigenvalue weighted by atomic mass is 10.1. The van der Waals surface area contributed by atoms with Crippen molar-refractivity contribution in [3.63, 3.8) is 0 Å². The van der Waals surface area contributed by atoms with Gasteiger partial charge in [-0.05, 0) is 59.9 Å². The maximum atomic E-state index is 12.5. The molecule has 1 heterocycles. The zero-order valence-corrected chi connectivity index (χ0v) is 19.3. The Bertz CT molecular complexity index is 1220. The van der Waals surface area contributed by atoms with E-state index in [-0.39, 0.29) is 11.7 Å². The molecule has 6 nitrogen and oxygen atoms in total. The number of hydrogen-bond donors (Lipinski definition) is 1. The van der Waals surface area contributed by atoms with Gasteiger partial charge >= 0.3 is 0 Å². The molecule has 34 heavy (non-hydrogen) atoms. The van der Waals surface area contributed by atoms with Crippen LogP contribution in [0.3, 0.4) is 0 Å². The molecule has 1 saturated heterocycles. The molecule has 0 bridgehead atoms. The molecule has 1 atom stereocenters. The molecule has 3 aromatic carbocycles. The molecular weight excluding hydrogens is 428 g/mol. The minimum absolute atomic E-state index is 0.0200. The van der Waals surface area contributed by atoms with Gasteiger partial charge in [-0.25, -0.2) is 0 Å². The van der Waals surface area contributed by atoms with Crippen molar-refractivity contribution in [2.75, 3.05) is 19.8 Å². The van der Waals surface area contributed by atoms with Crippen molar-refractivity contribution in [1.82, 2.24) is 5.32 Å². The predicted octanol–water partition coefficient (Wildman–Crippen LogP) is 5.02. The van der Waals surface area contributed by atoms with Gasteiger partial charge < -0.3 is 19.5 Å². The fraction of sp³-hybridized carbons (Fsp3) is 0.286. The Labute approximate surface area is 199 Å². The first kappa shape index (κ1) is 23.3. The van der Waals surface area contributed by atoms with Crippen LogP contribution in [0.2, 0.25) is 0 Å². The second-order valence-corrected chi connectivity index (χ2v) is 8.08. The second-order valence-electron chi connectivity index (χ2n) is 8.08. The van der Waals surface area contributed by atoms with E-state index in [1.165, 1.54) is 0 Å². The van der Waals surface area contributed by atoms with E-state index in [1.54, 1.807) is 18.2 Å². The number of nitrogens with zero attached hydrogens (tertiary/aromatic N) is 1. The van der Waals surface area contributed by atoms with E-state index in [0.717, 1.165) is 35.8 Å². The molecule has 4 rings (SSSR count). The van der Waals surface area contributed by atoms with E-state index >= 15 is 0 Å². The summed E-state index contributed by atoms with van der Waals surface area (Å²) in [5, 5.41) is 14.6. The lowest BCUT2D eigenvalue weighted by molar-refractivity contribution is -0.117. The maximum Gasteiger partial charge on any atom is 0.262 e. The van der Waals surface area contributed by atoms with Crippen LogP contribution in [0.5, 0.6) is 11.5 Å². The van der Waals surface area contributed by atoms with E-state index in [0.29, 0.717) is 36.8 Å². The molecule has 1 aliphatic heterocycles. The van der Waals surface area contributed by atoms with Crippen LogP contribution in [0.15, 0.2) is 66.2 Å². The summed E-state index contributed by atoms with van der Waals surface area (Å²) in [5.74, 6) is 0.758. The van der Waals surface area contributed by atoms with Gasteiger partial charge in [0, 0.05) is 13.2 Å². The number of benzene rings is 3. The van der Waals surface area contributed by atoms with Gasteiger partial charge in [0.25, 0.3) is 5.91 Å². The van der Waals surface area contributed by atoms with Crippen LogP contribution >= 0.6 is 0 Å². The van der Waals surface area contributed by atoms with Crippen molar-refractivity contribution < 1.29 is 19.0 Å². The van der Waals surface area contributed by atoms with E-state index in [2.05, 4.69) is 23.5 Å². The Morgan fingerprint density at radius 3 is 2.79 bits per heavy atom. The van der Waals surface area contributed by atoms with Crippen LogP contribution in [0.4, 0.5) is 0 Å². The standard InChI is InChI=1S/C28H28N2O4/c1-2-32-27-16-20(15-23(17-29)28(31)30-18-24-10-6-14-33-24)12-13-26(27)34-19-22-9-5-8-21-7-3-4-11-25(21)22/h3-5,7-9,11-13,15-16,24H,2,6,10,14,18-19H2,1H3,(H,30,31)/b23-15-/t24-/m0/s1. The van der Waals surface area contributed by atoms with Crippen LogP contribution in [0.25, 0.3) is 16.8 Å². The van der Waals surface area contributed by atoms with E-state index in [9.17, 15) is 10.1 Å². The first-order chi connectivity index (χ1) is 16.7. The van der Waals surface area contributed by atoms with Crippen LogP contribution < -0.4 is 14.8 Å². The van der Waals surface area contributed by atoms with Crippen LogP contribution in [0.1, 0.15) is 30.9 Å². The summed E-state index contributed by atoms with van der Waals surface area (Å²) < 4.78 is 17.4. The largest absolute Gasteiger partial charge is 0.490 e. The third-order valence-corrected chi connectivity index (χ3v) is 5.72. The smallest absolute Gasteiger partial charge is 0.262 e. The van der Waals surface area contributed by atoms with Crippen molar-refractivity contribution in [2.45, 2.75) is 32.5 Å². The monoisotopic (exact) mass is 456 g/mol. The van der Waals surface area contributed by atoms with Gasteiger partial charge in [-0.1, -0.05) is 48.5 Å². The molecule has 1 amide bonds. The Balaban J connectivity index is 1.48. The van der Waals surface area contributed by atoms with Crippen molar-refractivity contribution in [3.05, 3.63) is 77.4 Å². The first-order valence-corrected chi connectivity index (χ1v) is 11.6. The SMILES string of the molecule is CCOc1cc(/C=C(/C#N)C(=O)NC[C@@H]2CCCO2)ccc1OCc1cccc2ccccc12. The summed E-state index contributed by atoms with van der Waals surface area (Å²) in [6.07, 6.45) is 3.49. The minimum Gasteiger partial charge on any atom is -0.490 e. The van der Waals surface area contributed by atoms with Gasteiger partial charge in [0.2, 0.25) is 0 Å². The van der Waals surface area contributed by atoms with Gasteiger partial charge in [0.05, 0.1) is 12.7 Å². The Hall–Kier alpha value is -3.82. The van der Waals surface area contributed by atoms with Crippen molar-refractivity contribution in [3.8, 4) is 17.6 Å². The number of ether oxygens (including phenoxy) is 3. The molecule has 0 unspecified atom stereocenters. The summed E-state index contributed by atoms with van der Waals surface area (Å²) in [4.78, 5) is 12.5. The molecule has 0 radical (unpaired) electrons. The topological polar surface area (TPSA) is 80.6 Å². The highest BCUT2D eigenvalue weighted by Gasteiger charge is 2.18. The van der Waals surface area contributed by atoms with Crippen LogP contribution in [-0.4, -0.2) is 31.8 Å². The highest BCUT2D eigenvalue weighted by atomic mass is 16.5. The Morgan fingerprint density at radius 1 is 1.15 bits per heavy atom. The maximum absolute atomic E-state index is 12.5. The number of carbonyl (C=O) groups is 1. The molecule has 1 aliphatic rings. The Morgan fingerprint density at radius 2 is 2.00 bits per heavy atom. The number of hydrogen-bond acceptors (Lipinski definition) is 5. The highest BCUT2D eigenvalue weighted by molar-refractivity contribution is 6.01. The van der Waals surface area contributed by atoms with Gasteiger partial charge in [0.1, 0.15) is 18.2 Å². The molecule has 0 saturated carbocycles. The van der Waals surface area contributed by atoms with Crippen molar-refractivity contribution in [2.24, 2.45) is 0 Å². The minimum atomic E-state index is -0.410. The van der Waals surface area contributed by atoms with E-state index in [1.807, 2.05) is 43.3 Å². The summed E-state index contributed by atoms with van der Waals surface area (Å²) >= 11 is 0. The molecule has 0 aliphatic carbocycles. The van der Waals surface area contributed by atoms with Crippen molar-refractivity contribution >= 4 is 22.8 Å². The number of nitrogens with one attached hydrogen (secondary N) is 1. The molecule has 1 fully saturated rings. The van der Waals surface area contributed by atoms with Gasteiger partial charge in [-0.15, -0.1) is 0 Å². The molecule has 0 spiro atoms. The lowest BCUT2D eigenvalue weighted by Gasteiger charge is -2.14. The second kappa shape index (κ2) is 11.4. The average Bonchev–Trinajstić information content (AvgIpc) is 3.39. The molecule has 3 aromatic rings. The fourth-order valence-corrected chi connectivity index (χ4v) is 4.00. The number of fused-ring (bicyclic) bond motifs is 1. The Kier molecular flexibility index (Phi) is 7.79. The molecule has 1 N–H and O–H groups in total. The summed E-state index contributed by atoms with van der Waals surface area (Å²) in [5.41, 5.74) is 1.80. The number of carbonyl (C=O) groups excluding carboxylic acids is 1. The third kappa shape index (κ3) is 5.75. The number of nitriles is 1. The van der Waals surface area contributed by atoms with Gasteiger partial charge in [-0.3, -0.25) is 4.79 Å². The highest BCUT2D eigenvalue weighted by Crippen LogP contribution is 2.31. The summed E-state index contributed by atoms with van der Waals surface area (Å²) in [7, 11) is 0. The fourth-order valence-electron chi connectivity index (χ4n) is 4.00. The van der Waals surface area contributed by atoms with Crippen LogP contribution in [-0.2, 0) is 16.1 Å². The summed E-state index contributed by atoms with van der Waals surface area (Å²) in [6.45, 7) is 3.88. The average molecular weight is 457 g/mol. The molecule has 6 heteroatoms. The number of amides is 1. The van der Waals surface area contributed by atoms with Gasteiger partial charge in [0.15, 0.2) is 11.5 Å². The quantitative estimate of drug-likeness (QED) is 0.361. The molecular formula is C28H28N2O4. The molecule has 0 aromatic heterocycles. The lowest BCUT2D eigenvalue weighted by Crippen LogP contribution is -2.32. The number of rotatable bonds is 9. The van der Waals surface area contributed by atoms with E-state index in [4.69, 9.17) is 14.2 Å². The predicted molar refractivity (Wildman–Crippen MR) is 131 cm³/mol. The van der Waals surface area contributed by atoms with E-state index < -0.39 is 5.91 Å². The van der Waals surface area contributed by atoms with Gasteiger partial charge in [-0.2, -0.15) is 5.26 Å². The third-order valence-electron chi connectivity index (χ3n) is 5.72. The van der Waals surface area contributed by atoms with Crippen LogP contribution in [0, 0.1) is 11.3 Å². The molecule has 174 valence electrons. The normalized spacial score (nSPS) is 15.6. The zero-order chi connectivity index (χ0) is 23.8. The first-order valence-electron chi connectivity index (χ1n) is 11.6. The summed E-state index contributed by atoms with van der Waals surface area (Å²) in [6, 6.07) is 21.7. The van der Waals surface area contributed by atoms with Crippen molar-refractivity contribution in [1.29, 1.82) is 5.26 Å².